The molecular formula is C16H29NO. The van der Waals surface area contributed by atoms with E-state index >= 15 is 0 Å². The lowest BCUT2D eigenvalue weighted by Crippen LogP contribution is -2.40. The predicted octanol–water partition coefficient (Wildman–Crippen LogP) is 3.65. The highest BCUT2D eigenvalue weighted by Crippen LogP contribution is 2.36. The second-order valence-electron chi connectivity index (χ2n) is 6.57. The van der Waals surface area contributed by atoms with Crippen molar-refractivity contribution in [2.75, 3.05) is 19.6 Å². The van der Waals surface area contributed by atoms with Crippen LogP contribution in [0.15, 0.2) is 0 Å². The molecule has 0 aromatic heterocycles. The topological polar surface area (TPSA) is 20.3 Å². The molecule has 2 saturated carbocycles. The van der Waals surface area contributed by atoms with Crippen LogP contribution in [-0.2, 0) is 4.79 Å². The molecule has 104 valence electrons. The Bertz CT molecular complexity index is 252. The molecular weight excluding hydrogens is 222 g/mol. The Kier molecular flexibility index (Phi) is 5.23. The first-order chi connectivity index (χ1) is 8.78. The van der Waals surface area contributed by atoms with Gasteiger partial charge in [-0.3, -0.25) is 0 Å². The zero-order valence-electron chi connectivity index (χ0n) is 12.0. The van der Waals surface area contributed by atoms with Crippen LogP contribution >= 0.6 is 0 Å². The fourth-order valence-electron chi connectivity index (χ4n) is 3.41. The Balaban J connectivity index is 1.93. The van der Waals surface area contributed by atoms with Crippen LogP contribution in [0.5, 0.6) is 0 Å². The minimum absolute atomic E-state index is 0.0133. The molecule has 0 bridgehead atoms. The Morgan fingerprint density at radius 1 is 1.17 bits per heavy atom. The van der Waals surface area contributed by atoms with Gasteiger partial charge in [0.15, 0.2) is 0 Å². The Hall–Kier alpha value is -0.370. The van der Waals surface area contributed by atoms with Crippen molar-refractivity contribution >= 4 is 6.29 Å². The summed E-state index contributed by atoms with van der Waals surface area (Å²) in [6.07, 6.45) is 12.7. The van der Waals surface area contributed by atoms with Gasteiger partial charge in [0.25, 0.3) is 0 Å². The molecule has 0 aliphatic heterocycles. The third-order valence-corrected chi connectivity index (χ3v) is 4.64. The van der Waals surface area contributed by atoms with Crippen LogP contribution < -0.4 is 0 Å². The van der Waals surface area contributed by atoms with Gasteiger partial charge in [-0.15, -0.1) is 0 Å². The minimum atomic E-state index is -0.0133. The standard InChI is InChI=1S/C16H29NO/c1-2-11-17(12-15-7-8-15)13-16(14-18)9-5-3-4-6-10-16/h14-15H,2-13H2,1H3. The first-order valence-electron chi connectivity index (χ1n) is 7.97. The van der Waals surface area contributed by atoms with Crippen molar-refractivity contribution < 1.29 is 4.79 Å². The first kappa shape index (κ1) is 14.0. The highest BCUT2D eigenvalue weighted by molar-refractivity contribution is 5.59. The zero-order chi connectivity index (χ0) is 12.8. The molecule has 0 heterocycles. The molecule has 0 saturated heterocycles. The maximum atomic E-state index is 11.6. The van der Waals surface area contributed by atoms with Crippen LogP contribution in [0.25, 0.3) is 0 Å². The van der Waals surface area contributed by atoms with Crippen LogP contribution in [-0.4, -0.2) is 30.8 Å². The zero-order valence-corrected chi connectivity index (χ0v) is 12.0. The van der Waals surface area contributed by atoms with Crippen molar-refractivity contribution in [3.05, 3.63) is 0 Å². The smallest absolute Gasteiger partial charge is 0.127 e. The summed E-state index contributed by atoms with van der Waals surface area (Å²) in [6, 6.07) is 0. The molecule has 0 aromatic carbocycles. The lowest BCUT2D eigenvalue weighted by atomic mass is 9.81. The summed E-state index contributed by atoms with van der Waals surface area (Å²) in [5.74, 6) is 0.936. The summed E-state index contributed by atoms with van der Waals surface area (Å²) in [5, 5.41) is 0. The molecule has 2 heteroatoms. The largest absolute Gasteiger partial charge is 0.303 e. The summed E-state index contributed by atoms with van der Waals surface area (Å²) in [6.45, 7) is 5.69. The van der Waals surface area contributed by atoms with E-state index in [0.29, 0.717) is 0 Å². The summed E-state index contributed by atoms with van der Waals surface area (Å²) in [4.78, 5) is 14.2. The van der Waals surface area contributed by atoms with E-state index in [-0.39, 0.29) is 5.41 Å². The third kappa shape index (κ3) is 4.08. The number of aldehydes is 1. The van der Waals surface area contributed by atoms with Crippen molar-refractivity contribution in [3.8, 4) is 0 Å². The van der Waals surface area contributed by atoms with Crippen LogP contribution in [0.2, 0.25) is 0 Å². The van der Waals surface area contributed by atoms with Gasteiger partial charge in [-0.05, 0) is 44.6 Å². The molecule has 2 fully saturated rings. The average Bonchev–Trinajstić information content (AvgIpc) is 3.17. The number of carbonyl (C=O) groups is 1. The maximum absolute atomic E-state index is 11.6. The van der Waals surface area contributed by atoms with Gasteiger partial charge in [-0.25, -0.2) is 0 Å². The number of hydrogen-bond acceptors (Lipinski definition) is 2. The van der Waals surface area contributed by atoms with E-state index in [0.717, 1.165) is 25.3 Å². The lowest BCUT2D eigenvalue weighted by Gasteiger charge is -2.33. The molecule has 2 aliphatic rings. The SMILES string of the molecule is CCCN(CC1CC1)CC1(C=O)CCCCCC1. The molecule has 0 atom stereocenters. The maximum Gasteiger partial charge on any atom is 0.127 e. The van der Waals surface area contributed by atoms with Crippen molar-refractivity contribution in [1.82, 2.24) is 4.90 Å². The molecule has 2 aliphatic carbocycles. The molecule has 0 spiro atoms. The highest BCUT2D eigenvalue weighted by atomic mass is 16.1. The summed E-state index contributed by atoms with van der Waals surface area (Å²) < 4.78 is 0. The van der Waals surface area contributed by atoms with Gasteiger partial charge >= 0.3 is 0 Å². The average molecular weight is 251 g/mol. The monoisotopic (exact) mass is 251 g/mol. The quantitative estimate of drug-likeness (QED) is 0.508. The molecule has 2 rings (SSSR count). The van der Waals surface area contributed by atoms with Gasteiger partial charge in [-0.2, -0.15) is 0 Å². The second-order valence-corrected chi connectivity index (χ2v) is 6.57. The Morgan fingerprint density at radius 2 is 1.83 bits per heavy atom. The van der Waals surface area contributed by atoms with Crippen molar-refractivity contribution in [2.45, 2.75) is 64.7 Å². The second kappa shape index (κ2) is 6.70. The summed E-state index contributed by atoms with van der Waals surface area (Å²) in [5.41, 5.74) is -0.0133. The van der Waals surface area contributed by atoms with Crippen molar-refractivity contribution in [1.29, 1.82) is 0 Å². The number of rotatable bonds is 7. The van der Waals surface area contributed by atoms with E-state index < -0.39 is 0 Å². The predicted molar refractivity (Wildman–Crippen MR) is 75.7 cm³/mol. The van der Waals surface area contributed by atoms with Crippen LogP contribution in [0.3, 0.4) is 0 Å². The molecule has 0 amide bonds. The first-order valence-corrected chi connectivity index (χ1v) is 7.97. The highest BCUT2D eigenvalue weighted by Gasteiger charge is 2.34. The van der Waals surface area contributed by atoms with E-state index in [1.54, 1.807) is 0 Å². The van der Waals surface area contributed by atoms with E-state index in [1.165, 1.54) is 64.3 Å². The Labute approximate surface area is 112 Å². The molecule has 0 radical (unpaired) electrons. The normalized spacial score (nSPS) is 23.9. The summed E-state index contributed by atoms with van der Waals surface area (Å²) >= 11 is 0. The van der Waals surface area contributed by atoms with Gasteiger partial charge in [0.2, 0.25) is 0 Å². The van der Waals surface area contributed by atoms with E-state index in [9.17, 15) is 4.79 Å². The fraction of sp³-hybridized carbons (Fsp3) is 0.938. The van der Waals surface area contributed by atoms with E-state index in [4.69, 9.17) is 0 Å². The van der Waals surface area contributed by atoms with Gasteiger partial charge in [0.1, 0.15) is 6.29 Å². The van der Waals surface area contributed by atoms with E-state index in [2.05, 4.69) is 11.8 Å². The Morgan fingerprint density at radius 3 is 2.33 bits per heavy atom. The third-order valence-electron chi connectivity index (χ3n) is 4.64. The molecule has 0 unspecified atom stereocenters. The van der Waals surface area contributed by atoms with E-state index in [1.807, 2.05) is 0 Å². The van der Waals surface area contributed by atoms with Gasteiger partial charge < -0.3 is 9.69 Å². The fourth-order valence-corrected chi connectivity index (χ4v) is 3.41. The van der Waals surface area contributed by atoms with Crippen LogP contribution in [0, 0.1) is 11.3 Å². The van der Waals surface area contributed by atoms with Crippen LogP contribution in [0.4, 0.5) is 0 Å². The van der Waals surface area contributed by atoms with Crippen LogP contribution in [0.1, 0.15) is 64.7 Å². The molecule has 2 nitrogen and oxygen atoms in total. The van der Waals surface area contributed by atoms with Gasteiger partial charge in [0, 0.05) is 18.5 Å². The van der Waals surface area contributed by atoms with Crippen molar-refractivity contribution in [3.63, 3.8) is 0 Å². The molecule has 0 aromatic rings. The molecule has 0 N–H and O–H groups in total. The van der Waals surface area contributed by atoms with Gasteiger partial charge in [-0.1, -0.05) is 32.6 Å². The number of hydrogen-bond donors (Lipinski definition) is 0. The van der Waals surface area contributed by atoms with Gasteiger partial charge in [0.05, 0.1) is 0 Å². The summed E-state index contributed by atoms with van der Waals surface area (Å²) in [7, 11) is 0. The number of nitrogens with zero attached hydrogens (tertiary/aromatic N) is 1. The molecule has 18 heavy (non-hydrogen) atoms. The minimum Gasteiger partial charge on any atom is -0.303 e. The number of carbonyl (C=O) groups excluding carboxylic acids is 1. The lowest BCUT2D eigenvalue weighted by molar-refractivity contribution is -0.118. The van der Waals surface area contributed by atoms with Crippen molar-refractivity contribution in [2.24, 2.45) is 11.3 Å².